The number of nitrogens with one attached hydrogen (secondary N) is 1. The van der Waals surface area contributed by atoms with Crippen molar-refractivity contribution in [3.05, 3.63) is 82.8 Å². The average molecular weight is 444 g/mol. The minimum absolute atomic E-state index is 0.141. The molecule has 5 rings (SSSR count). The zero-order chi connectivity index (χ0) is 22.8. The Morgan fingerprint density at radius 2 is 1.82 bits per heavy atom. The van der Waals surface area contributed by atoms with Crippen molar-refractivity contribution in [2.24, 2.45) is 0 Å². The van der Waals surface area contributed by atoms with Crippen LogP contribution in [0.2, 0.25) is 0 Å². The fraction of sp³-hybridized carbons (Fsp3) is 0.292. The van der Waals surface area contributed by atoms with Gasteiger partial charge < -0.3 is 15.0 Å². The first kappa shape index (κ1) is 21.0. The van der Waals surface area contributed by atoms with Crippen LogP contribution in [-0.2, 0) is 6.54 Å². The summed E-state index contributed by atoms with van der Waals surface area (Å²) >= 11 is 0. The van der Waals surface area contributed by atoms with Gasteiger partial charge in [0.1, 0.15) is 5.52 Å². The van der Waals surface area contributed by atoms with Gasteiger partial charge in [0.05, 0.1) is 29.9 Å². The van der Waals surface area contributed by atoms with Crippen LogP contribution in [0.25, 0.3) is 16.7 Å². The molecule has 4 aromatic rings. The second-order valence-corrected chi connectivity index (χ2v) is 8.28. The van der Waals surface area contributed by atoms with Crippen LogP contribution in [0, 0.1) is 0 Å². The molecule has 1 aromatic carbocycles. The van der Waals surface area contributed by atoms with E-state index in [0.29, 0.717) is 6.42 Å². The number of fused-ring (bicyclic) bond motifs is 1. The molecule has 3 heterocycles. The van der Waals surface area contributed by atoms with Crippen LogP contribution in [0.4, 0.5) is 0 Å². The van der Waals surface area contributed by atoms with Gasteiger partial charge in [-0.25, -0.2) is 9.67 Å². The largest absolute Gasteiger partial charge is 0.391 e. The maximum absolute atomic E-state index is 13.1. The molecule has 168 valence electrons. The van der Waals surface area contributed by atoms with Crippen molar-refractivity contribution in [3.8, 4) is 5.69 Å². The highest BCUT2D eigenvalue weighted by atomic mass is 16.3. The summed E-state index contributed by atoms with van der Waals surface area (Å²) < 4.78 is 3.23. The van der Waals surface area contributed by atoms with Crippen LogP contribution in [0.15, 0.2) is 66.1 Å². The molecule has 0 bridgehead atoms. The van der Waals surface area contributed by atoms with Crippen LogP contribution < -0.4 is 10.9 Å². The quantitative estimate of drug-likeness (QED) is 0.487. The summed E-state index contributed by atoms with van der Waals surface area (Å²) in [6.45, 7) is 0.275. The number of benzene rings is 1. The molecule has 1 saturated carbocycles. The Morgan fingerprint density at radius 1 is 1.06 bits per heavy atom. The summed E-state index contributed by atoms with van der Waals surface area (Å²) in [5.41, 5.74) is 2.15. The molecule has 0 aliphatic heterocycles. The SMILES string of the molecule is O=C(N[C@H]1CCCC[C@@H]1O)c1cn(Cc2ccc(-n3cccn3)cc2)c(=O)c2nccnc12. The van der Waals surface area contributed by atoms with Gasteiger partial charge in [-0.1, -0.05) is 25.0 Å². The van der Waals surface area contributed by atoms with Gasteiger partial charge in [0.2, 0.25) is 0 Å². The van der Waals surface area contributed by atoms with Gasteiger partial charge in [0, 0.05) is 31.0 Å². The highest BCUT2D eigenvalue weighted by molar-refractivity contribution is 6.04. The van der Waals surface area contributed by atoms with E-state index in [0.717, 1.165) is 30.5 Å². The van der Waals surface area contributed by atoms with Crippen molar-refractivity contribution in [3.63, 3.8) is 0 Å². The lowest BCUT2D eigenvalue weighted by molar-refractivity contribution is 0.0718. The molecule has 0 spiro atoms. The summed E-state index contributed by atoms with van der Waals surface area (Å²) in [5, 5.41) is 17.4. The predicted octanol–water partition coefficient (Wildman–Crippen LogP) is 2.06. The molecule has 1 aliphatic rings. The Bertz CT molecular complexity index is 1330. The highest BCUT2D eigenvalue weighted by Crippen LogP contribution is 2.20. The van der Waals surface area contributed by atoms with Crippen molar-refractivity contribution >= 4 is 16.9 Å². The van der Waals surface area contributed by atoms with Gasteiger partial charge in [-0.2, -0.15) is 5.10 Å². The third-order valence-electron chi connectivity index (χ3n) is 6.05. The van der Waals surface area contributed by atoms with Gasteiger partial charge >= 0.3 is 0 Å². The van der Waals surface area contributed by atoms with E-state index >= 15 is 0 Å². The van der Waals surface area contributed by atoms with Gasteiger partial charge in [-0.3, -0.25) is 14.6 Å². The Hall–Kier alpha value is -3.85. The molecule has 9 heteroatoms. The molecule has 33 heavy (non-hydrogen) atoms. The van der Waals surface area contributed by atoms with Crippen LogP contribution in [-0.4, -0.2) is 47.5 Å². The summed E-state index contributed by atoms with van der Waals surface area (Å²) in [7, 11) is 0. The molecule has 1 fully saturated rings. The first-order valence-corrected chi connectivity index (χ1v) is 11.0. The van der Waals surface area contributed by atoms with Gasteiger partial charge in [0.25, 0.3) is 11.5 Å². The van der Waals surface area contributed by atoms with Crippen LogP contribution in [0.5, 0.6) is 0 Å². The molecule has 9 nitrogen and oxygen atoms in total. The number of aromatic nitrogens is 5. The first-order valence-electron chi connectivity index (χ1n) is 11.0. The van der Waals surface area contributed by atoms with Crippen LogP contribution in [0.1, 0.15) is 41.6 Å². The zero-order valence-corrected chi connectivity index (χ0v) is 18.0. The summed E-state index contributed by atoms with van der Waals surface area (Å²) in [5.74, 6) is -0.366. The normalized spacial score (nSPS) is 18.3. The van der Waals surface area contributed by atoms with Crippen molar-refractivity contribution in [2.75, 3.05) is 0 Å². The van der Waals surface area contributed by atoms with E-state index in [1.807, 2.05) is 36.5 Å². The Balaban J connectivity index is 1.47. The van der Waals surface area contributed by atoms with Gasteiger partial charge in [-0.05, 0) is 36.6 Å². The van der Waals surface area contributed by atoms with E-state index in [2.05, 4.69) is 20.4 Å². The number of aliphatic hydroxyl groups is 1. The minimum atomic E-state index is -0.570. The molecular formula is C24H24N6O3. The fourth-order valence-electron chi connectivity index (χ4n) is 4.29. The lowest BCUT2D eigenvalue weighted by Gasteiger charge is -2.28. The molecule has 2 N–H and O–H groups in total. The Morgan fingerprint density at radius 3 is 2.55 bits per heavy atom. The first-order chi connectivity index (χ1) is 16.1. The molecule has 0 saturated heterocycles. The minimum Gasteiger partial charge on any atom is -0.391 e. The number of amides is 1. The lowest BCUT2D eigenvalue weighted by Crippen LogP contribution is -2.45. The van der Waals surface area contributed by atoms with Crippen molar-refractivity contribution in [1.82, 2.24) is 29.6 Å². The molecule has 1 aliphatic carbocycles. The van der Waals surface area contributed by atoms with E-state index in [4.69, 9.17) is 0 Å². The second kappa shape index (κ2) is 8.95. The standard InChI is InChI=1S/C24H24N6O3/c31-20-5-2-1-4-19(20)28-23(32)18-15-29(24(33)22-21(18)25-11-12-26-22)14-16-6-8-17(9-7-16)30-13-3-10-27-30/h3,6-13,15,19-20,31H,1-2,4-5,14H2,(H,28,32)/t19-,20-/m0/s1. The number of hydrogen-bond acceptors (Lipinski definition) is 6. The maximum atomic E-state index is 13.1. The fourth-order valence-corrected chi connectivity index (χ4v) is 4.29. The molecule has 0 unspecified atom stereocenters. The molecule has 1 amide bonds. The smallest absolute Gasteiger partial charge is 0.279 e. The second-order valence-electron chi connectivity index (χ2n) is 8.28. The van der Waals surface area contributed by atoms with Crippen molar-refractivity contribution < 1.29 is 9.90 Å². The number of carbonyl (C=O) groups excluding carboxylic acids is 1. The third kappa shape index (κ3) is 4.27. The van der Waals surface area contributed by atoms with E-state index in [1.54, 1.807) is 10.9 Å². The van der Waals surface area contributed by atoms with Gasteiger partial charge in [0.15, 0.2) is 5.52 Å². The highest BCUT2D eigenvalue weighted by Gasteiger charge is 2.26. The number of carbonyl (C=O) groups is 1. The van der Waals surface area contributed by atoms with Crippen molar-refractivity contribution in [1.29, 1.82) is 0 Å². The number of rotatable bonds is 5. The third-order valence-corrected chi connectivity index (χ3v) is 6.05. The number of aliphatic hydroxyl groups excluding tert-OH is 1. The summed E-state index contributed by atoms with van der Waals surface area (Å²) in [4.78, 5) is 34.7. The zero-order valence-electron chi connectivity index (χ0n) is 18.0. The summed E-state index contributed by atoms with van der Waals surface area (Å²) in [6, 6.07) is 9.22. The Kier molecular flexibility index (Phi) is 5.70. The monoisotopic (exact) mass is 444 g/mol. The van der Waals surface area contributed by atoms with Crippen LogP contribution in [0.3, 0.4) is 0 Å². The van der Waals surface area contributed by atoms with E-state index in [9.17, 15) is 14.7 Å². The lowest BCUT2D eigenvalue weighted by atomic mass is 9.92. The molecule has 3 aromatic heterocycles. The maximum Gasteiger partial charge on any atom is 0.279 e. The van der Waals surface area contributed by atoms with E-state index in [-0.39, 0.29) is 40.6 Å². The number of pyridine rings is 1. The Labute approximate surface area is 189 Å². The predicted molar refractivity (Wildman–Crippen MR) is 122 cm³/mol. The number of nitrogens with zero attached hydrogens (tertiary/aromatic N) is 5. The molecule has 0 radical (unpaired) electrons. The topological polar surface area (TPSA) is 115 Å². The molecular weight excluding hydrogens is 420 g/mol. The van der Waals surface area contributed by atoms with Crippen molar-refractivity contribution in [2.45, 2.75) is 44.4 Å². The van der Waals surface area contributed by atoms with E-state index in [1.165, 1.54) is 23.2 Å². The van der Waals surface area contributed by atoms with Crippen LogP contribution >= 0.6 is 0 Å². The van der Waals surface area contributed by atoms with E-state index < -0.39 is 6.10 Å². The summed E-state index contributed by atoms with van der Waals surface area (Å²) in [6.07, 6.45) is 10.7. The number of hydrogen-bond donors (Lipinski definition) is 2. The molecule has 2 atom stereocenters. The average Bonchev–Trinajstić information content (AvgIpc) is 3.38. The van der Waals surface area contributed by atoms with Gasteiger partial charge in [-0.15, -0.1) is 0 Å².